The molecule has 146 valence electrons. The van der Waals surface area contributed by atoms with Crippen molar-refractivity contribution in [2.45, 2.75) is 69.2 Å². The zero-order valence-electron chi connectivity index (χ0n) is 15.7. The Kier molecular flexibility index (Phi) is 4.37. The lowest BCUT2D eigenvalue weighted by molar-refractivity contribution is -0.137. The predicted octanol–water partition coefficient (Wildman–Crippen LogP) is 2.12. The van der Waals surface area contributed by atoms with Gasteiger partial charge in [0, 0.05) is 49.3 Å². The van der Waals surface area contributed by atoms with Crippen molar-refractivity contribution in [3.63, 3.8) is 0 Å². The second kappa shape index (κ2) is 7.04. The first-order valence-corrected chi connectivity index (χ1v) is 10.1. The van der Waals surface area contributed by atoms with E-state index in [9.17, 15) is 9.59 Å². The highest BCUT2D eigenvalue weighted by Crippen LogP contribution is 2.38. The first kappa shape index (κ1) is 17.4. The summed E-state index contributed by atoms with van der Waals surface area (Å²) in [6, 6.07) is 5.70. The van der Waals surface area contributed by atoms with Gasteiger partial charge in [-0.1, -0.05) is 0 Å². The quantitative estimate of drug-likeness (QED) is 0.794. The smallest absolute Gasteiger partial charge is 0.254 e. The number of fused-ring (bicyclic) bond motifs is 2. The summed E-state index contributed by atoms with van der Waals surface area (Å²) in [5, 5.41) is 0. The topological polar surface area (TPSA) is 77.3 Å². The molecule has 0 unspecified atom stereocenters. The number of nitrogens with zero attached hydrogens (tertiary/aromatic N) is 4. The number of hydrogen-bond acceptors (Lipinski definition) is 5. The molecule has 7 heteroatoms. The molecule has 0 aromatic carbocycles. The molecule has 0 radical (unpaired) electrons. The number of hydrogen-bond donors (Lipinski definition) is 0. The van der Waals surface area contributed by atoms with Crippen LogP contribution in [0.4, 0.5) is 0 Å². The van der Waals surface area contributed by atoms with E-state index in [0.29, 0.717) is 5.92 Å². The Balaban J connectivity index is 1.25. The average molecular weight is 380 g/mol. The number of pyridine rings is 1. The fourth-order valence-corrected chi connectivity index (χ4v) is 4.63. The molecule has 3 aliphatic rings. The maximum absolute atomic E-state index is 13.0. The van der Waals surface area contributed by atoms with Crippen molar-refractivity contribution in [1.29, 1.82) is 0 Å². The Labute approximate surface area is 163 Å². The first-order chi connectivity index (χ1) is 13.7. The highest BCUT2D eigenvalue weighted by molar-refractivity contribution is 5.77. The predicted molar refractivity (Wildman–Crippen MR) is 102 cm³/mol. The molecule has 2 saturated heterocycles. The van der Waals surface area contributed by atoms with Crippen LogP contribution in [0.2, 0.25) is 0 Å². The van der Waals surface area contributed by atoms with Gasteiger partial charge < -0.3 is 9.64 Å². The summed E-state index contributed by atoms with van der Waals surface area (Å²) in [7, 11) is 0. The Morgan fingerprint density at radius 1 is 1.11 bits per heavy atom. The van der Waals surface area contributed by atoms with Crippen LogP contribution in [0.25, 0.3) is 0 Å². The van der Waals surface area contributed by atoms with Crippen molar-refractivity contribution >= 4 is 5.91 Å². The van der Waals surface area contributed by atoms with Gasteiger partial charge in [-0.25, -0.2) is 4.98 Å². The molecule has 0 N–H and O–H groups in total. The minimum absolute atomic E-state index is 0.0120. The van der Waals surface area contributed by atoms with Gasteiger partial charge in [-0.2, -0.15) is 0 Å². The molecule has 2 aromatic heterocycles. The monoisotopic (exact) mass is 380 g/mol. The minimum atomic E-state index is -0.131. The molecule has 0 spiro atoms. The minimum Gasteiger partial charge on any atom is -0.490 e. The van der Waals surface area contributed by atoms with Crippen molar-refractivity contribution in [3.8, 4) is 5.75 Å². The fourth-order valence-electron chi connectivity index (χ4n) is 4.63. The van der Waals surface area contributed by atoms with Crippen LogP contribution in [0.5, 0.6) is 5.75 Å². The third-order valence-corrected chi connectivity index (χ3v) is 6.13. The molecule has 28 heavy (non-hydrogen) atoms. The van der Waals surface area contributed by atoms with Crippen LogP contribution in [0, 0.1) is 0 Å². The van der Waals surface area contributed by atoms with Crippen molar-refractivity contribution in [3.05, 3.63) is 53.0 Å². The number of aromatic nitrogens is 3. The van der Waals surface area contributed by atoms with E-state index in [-0.39, 0.29) is 36.2 Å². The summed E-state index contributed by atoms with van der Waals surface area (Å²) < 4.78 is 7.54. The largest absolute Gasteiger partial charge is 0.490 e. The Bertz CT molecular complexity index is 911. The maximum Gasteiger partial charge on any atom is 0.254 e. The van der Waals surface area contributed by atoms with Gasteiger partial charge in [-0.05, 0) is 37.8 Å². The van der Waals surface area contributed by atoms with Crippen LogP contribution in [0.3, 0.4) is 0 Å². The third-order valence-electron chi connectivity index (χ3n) is 6.13. The van der Waals surface area contributed by atoms with Crippen molar-refractivity contribution in [1.82, 2.24) is 19.4 Å². The van der Waals surface area contributed by atoms with Crippen molar-refractivity contribution in [2.24, 2.45) is 0 Å². The Morgan fingerprint density at radius 3 is 2.46 bits per heavy atom. The lowest BCUT2D eigenvalue weighted by atomic mass is 9.99. The lowest BCUT2D eigenvalue weighted by Gasteiger charge is -2.39. The van der Waals surface area contributed by atoms with Gasteiger partial charge in [-0.3, -0.25) is 19.1 Å². The molecular weight excluding hydrogens is 356 g/mol. The van der Waals surface area contributed by atoms with Crippen LogP contribution in [-0.4, -0.2) is 43.5 Å². The van der Waals surface area contributed by atoms with Gasteiger partial charge in [0.2, 0.25) is 5.91 Å². The summed E-state index contributed by atoms with van der Waals surface area (Å²) in [5.74, 6) is 1.28. The average Bonchev–Trinajstić information content (AvgIpc) is 3.50. The van der Waals surface area contributed by atoms with E-state index < -0.39 is 0 Å². The van der Waals surface area contributed by atoms with Gasteiger partial charge >= 0.3 is 0 Å². The molecule has 1 amide bonds. The first-order valence-electron chi connectivity index (χ1n) is 10.1. The second-order valence-electron chi connectivity index (χ2n) is 8.13. The van der Waals surface area contributed by atoms with Crippen LogP contribution < -0.4 is 10.3 Å². The summed E-state index contributed by atoms with van der Waals surface area (Å²) in [5.41, 5.74) is 0.733. The number of rotatable bonds is 5. The normalized spacial score (nSPS) is 26.3. The zero-order chi connectivity index (χ0) is 19.1. The van der Waals surface area contributed by atoms with E-state index in [1.165, 1.54) is 10.9 Å². The van der Waals surface area contributed by atoms with E-state index in [1.54, 1.807) is 18.5 Å². The van der Waals surface area contributed by atoms with Crippen LogP contribution >= 0.6 is 0 Å². The standard InChI is InChI=1S/C21H24N4O3/c26-20-11-19(14-1-2-14)23-13-24(20)12-21(27)25-15-3-4-16(25)10-18(9-15)28-17-5-7-22-8-6-17/h5-8,11,13-16,18H,1-4,9-10,12H2/t15-,16-/m0/s1. The molecule has 5 rings (SSSR count). The number of piperidine rings is 1. The van der Waals surface area contributed by atoms with Gasteiger partial charge in [0.25, 0.3) is 5.56 Å². The van der Waals surface area contributed by atoms with Crippen molar-refractivity contribution in [2.75, 3.05) is 0 Å². The van der Waals surface area contributed by atoms with E-state index >= 15 is 0 Å². The summed E-state index contributed by atoms with van der Waals surface area (Å²) in [6.07, 6.45) is 11.0. The summed E-state index contributed by atoms with van der Waals surface area (Å²) in [4.78, 5) is 35.7. The molecular formula is C21H24N4O3. The molecule has 7 nitrogen and oxygen atoms in total. The molecule has 2 aromatic rings. The van der Waals surface area contributed by atoms with Crippen LogP contribution in [-0.2, 0) is 11.3 Å². The molecule has 3 fully saturated rings. The molecule has 1 saturated carbocycles. The number of amides is 1. The van der Waals surface area contributed by atoms with Gasteiger partial charge in [0.1, 0.15) is 18.4 Å². The lowest BCUT2D eigenvalue weighted by Crippen LogP contribution is -2.50. The Hall–Kier alpha value is -2.70. The fraction of sp³-hybridized carbons (Fsp3) is 0.524. The number of ether oxygens (including phenoxy) is 1. The molecule has 2 atom stereocenters. The summed E-state index contributed by atoms with van der Waals surface area (Å²) >= 11 is 0. The van der Waals surface area contributed by atoms with Gasteiger partial charge in [0.05, 0.1) is 12.0 Å². The highest BCUT2D eigenvalue weighted by atomic mass is 16.5. The maximum atomic E-state index is 13.0. The zero-order valence-corrected chi connectivity index (χ0v) is 15.7. The van der Waals surface area contributed by atoms with Crippen LogP contribution in [0.1, 0.15) is 50.1 Å². The Morgan fingerprint density at radius 2 is 1.82 bits per heavy atom. The van der Waals surface area contributed by atoms with E-state index in [0.717, 1.165) is 50.0 Å². The van der Waals surface area contributed by atoms with E-state index in [1.807, 2.05) is 17.0 Å². The van der Waals surface area contributed by atoms with E-state index in [4.69, 9.17) is 4.74 Å². The third kappa shape index (κ3) is 3.41. The van der Waals surface area contributed by atoms with Crippen LogP contribution in [0.15, 0.2) is 41.7 Å². The number of carbonyl (C=O) groups is 1. The molecule has 2 aliphatic heterocycles. The van der Waals surface area contributed by atoms with Crippen molar-refractivity contribution < 1.29 is 9.53 Å². The highest BCUT2D eigenvalue weighted by Gasteiger charge is 2.44. The SMILES string of the molecule is O=C(Cn1cnc(C2CC2)cc1=O)N1[C@H]2CC[C@H]1CC(Oc1ccncc1)C2. The van der Waals surface area contributed by atoms with Gasteiger partial charge in [-0.15, -0.1) is 0 Å². The molecule has 1 aliphatic carbocycles. The second-order valence-corrected chi connectivity index (χ2v) is 8.13. The summed E-state index contributed by atoms with van der Waals surface area (Å²) in [6.45, 7) is 0.0691. The van der Waals surface area contributed by atoms with E-state index in [2.05, 4.69) is 9.97 Å². The number of carbonyl (C=O) groups excluding carboxylic acids is 1. The van der Waals surface area contributed by atoms with Gasteiger partial charge in [0.15, 0.2) is 0 Å². The molecule has 2 bridgehead atoms. The molecule has 4 heterocycles.